The van der Waals surface area contributed by atoms with Crippen molar-refractivity contribution >= 4 is 17.5 Å². The predicted molar refractivity (Wildman–Crippen MR) is 55.0 cm³/mol. The van der Waals surface area contributed by atoms with Crippen LogP contribution in [-0.4, -0.2) is 22.3 Å². The molecule has 0 bridgehead atoms. The van der Waals surface area contributed by atoms with E-state index in [2.05, 4.69) is 4.52 Å². The van der Waals surface area contributed by atoms with Crippen molar-refractivity contribution in [3.05, 3.63) is 0 Å². The third kappa shape index (κ3) is 5.22. The summed E-state index contributed by atoms with van der Waals surface area (Å²) in [4.78, 5) is 8.97. The first kappa shape index (κ1) is 14.3. The molecule has 0 fully saturated rings. The van der Waals surface area contributed by atoms with Crippen LogP contribution < -0.4 is 0 Å². The van der Waals surface area contributed by atoms with Crippen LogP contribution in [0.1, 0.15) is 33.1 Å². The smallest absolute Gasteiger partial charge is 0.313 e. The van der Waals surface area contributed by atoms with E-state index in [0.717, 1.165) is 20.0 Å². The van der Waals surface area contributed by atoms with Gasteiger partial charge in [0, 0.05) is 7.11 Å². The van der Waals surface area contributed by atoms with Gasteiger partial charge >= 0.3 is 6.80 Å². The van der Waals surface area contributed by atoms with E-state index in [-0.39, 0.29) is 6.10 Å². The zero-order valence-electron chi connectivity index (χ0n) is 8.63. The molecular formula is C7H17O5PS. The van der Waals surface area contributed by atoms with E-state index in [1.54, 1.807) is 6.92 Å². The molecular weight excluding hydrogens is 227 g/mol. The van der Waals surface area contributed by atoms with Crippen molar-refractivity contribution < 1.29 is 22.4 Å². The molecule has 0 rings (SSSR count). The van der Waals surface area contributed by atoms with Gasteiger partial charge in [0.1, 0.15) is 0 Å². The van der Waals surface area contributed by atoms with Gasteiger partial charge in [-0.05, 0) is 13.3 Å². The minimum atomic E-state index is -4.10. The lowest BCUT2D eigenvalue weighted by atomic mass is 10.2. The van der Waals surface area contributed by atoms with Crippen molar-refractivity contribution in [1.29, 1.82) is 0 Å². The van der Waals surface area contributed by atoms with Crippen molar-refractivity contribution in [3.8, 4) is 0 Å². The van der Waals surface area contributed by atoms with E-state index in [9.17, 15) is 8.77 Å². The molecule has 3 atom stereocenters. The van der Waals surface area contributed by atoms with Crippen LogP contribution in [0.15, 0.2) is 0 Å². The van der Waals surface area contributed by atoms with Crippen LogP contribution in [0.3, 0.4) is 0 Å². The average molecular weight is 244 g/mol. The Morgan fingerprint density at radius 3 is 2.57 bits per heavy atom. The Labute approximate surface area is 86.7 Å². The second-order valence-corrected chi connectivity index (χ2v) is 7.13. The molecule has 5 nitrogen and oxygen atoms in total. The maximum Gasteiger partial charge on any atom is 0.442 e. The van der Waals surface area contributed by atoms with Crippen LogP contribution in [0.2, 0.25) is 0 Å². The van der Waals surface area contributed by atoms with Crippen molar-refractivity contribution in [1.82, 2.24) is 0 Å². The lowest BCUT2D eigenvalue weighted by Gasteiger charge is -2.13. The predicted octanol–water partition coefficient (Wildman–Crippen LogP) is 1.99. The van der Waals surface area contributed by atoms with E-state index in [1.807, 2.05) is 6.92 Å². The monoisotopic (exact) mass is 244 g/mol. The Bertz CT molecular complexity index is 232. The van der Waals surface area contributed by atoms with E-state index < -0.39 is 17.5 Å². The summed E-state index contributed by atoms with van der Waals surface area (Å²) in [6.45, 7) is -0.365. The van der Waals surface area contributed by atoms with Crippen LogP contribution in [0.25, 0.3) is 0 Å². The summed E-state index contributed by atoms with van der Waals surface area (Å²) in [7, 11) is -1.25. The van der Waals surface area contributed by atoms with Gasteiger partial charge in [-0.2, -0.15) is 0 Å². The van der Waals surface area contributed by atoms with Gasteiger partial charge in [0.05, 0.1) is 6.10 Å². The summed E-state index contributed by atoms with van der Waals surface area (Å²) < 4.78 is 31.2. The molecule has 0 aromatic heterocycles. The van der Waals surface area contributed by atoms with Crippen LogP contribution >= 0.6 is 6.80 Å². The fraction of sp³-hybridized carbons (Fsp3) is 1.00. The van der Waals surface area contributed by atoms with Crippen LogP contribution in [0.5, 0.6) is 0 Å². The summed E-state index contributed by atoms with van der Waals surface area (Å²) in [5.41, 5.74) is 0. The Hall–Kier alpha value is 0.260. The van der Waals surface area contributed by atoms with Gasteiger partial charge in [0.2, 0.25) is 0 Å². The Morgan fingerprint density at radius 2 is 2.14 bits per heavy atom. The van der Waals surface area contributed by atoms with Gasteiger partial charge in [-0.15, -0.1) is 0 Å². The summed E-state index contributed by atoms with van der Waals surface area (Å²) in [5, 5.41) is 0. The Morgan fingerprint density at radius 1 is 1.57 bits per heavy atom. The molecule has 3 unspecified atom stereocenters. The molecule has 0 aromatic carbocycles. The highest BCUT2D eigenvalue weighted by Gasteiger charge is 2.30. The maximum absolute atomic E-state index is 11.1. The molecule has 0 aliphatic rings. The lowest BCUT2D eigenvalue weighted by molar-refractivity contribution is 0.230. The molecule has 86 valence electrons. The van der Waals surface area contributed by atoms with Crippen molar-refractivity contribution in [2.75, 3.05) is 7.11 Å². The number of hydrogen-bond donors (Lipinski definition) is 1. The molecule has 0 heterocycles. The molecule has 0 spiro atoms. The van der Waals surface area contributed by atoms with Crippen molar-refractivity contribution in [3.63, 3.8) is 0 Å². The fourth-order valence-electron chi connectivity index (χ4n) is 0.795. The third-order valence-electron chi connectivity index (χ3n) is 1.63. The molecule has 14 heavy (non-hydrogen) atoms. The minimum absolute atomic E-state index is 0.300. The zero-order chi connectivity index (χ0) is 11.2. The second kappa shape index (κ2) is 6.69. The van der Waals surface area contributed by atoms with Gasteiger partial charge < -0.3 is 9.42 Å². The lowest BCUT2D eigenvalue weighted by Crippen LogP contribution is -2.10. The van der Waals surface area contributed by atoms with Crippen LogP contribution in [0.4, 0.5) is 0 Å². The number of unbranched alkanes of at least 4 members (excludes halogenated alkanes) is 1. The van der Waals surface area contributed by atoms with Gasteiger partial charge in [0.15, 0.2) is 0 Å². The molecule has 0 saturated carbocycles. The molecule has 0 radical (unpaired) electrons. The van der Waals surface area contributed by atoms with E-state index in [4.69, 9.17) is 9.08 Å². The van der Waals surface area contributed by atoms with E-state index in [0.29, 0.717) is 6.42 Å². The molecule has 0 saturated heterocycles. The second-order valence-electron chi connectivity index (χ2n) is 2.92. The van der Waals surface area contributed by atoms with E-state index >= 15 is 0 Å². The standard InChI is InChI=1S/C7H17O5PS/c1-4-5-6-7(2)12-14(10)13(8,9)11-3/h7H,4-6H2,1-3H3,(H,8,9). The quantitative estimate of drug-likeness (QED) is 0.693. The first-order valence-corrected chi connectivity index (χ1v) is 7.68. The summed E-state index contributed by atoms with van der Waals surface area (Å²) in [6.07, 6.45) is 2.35. The summed E-state index contributed by atoms with van der Waals surface area (Å²) >= 11 is 0. The molecule has 1 N–H and O–H groups in total. The van der Waals surface area contributed by atoms with Gasteiger partial charge in [-0.3, -0.25) is 4.18 Å². The van der Waals surface area contributed by atoms with E-state index in [1.165, 1.54) is 0 Å². The minimum Gasteiger partial charge on any atom is -0.313 e. The van der Waals surface area contributed by atoms with Crippen LogP contribution in [0, 0.1) is 0 Å². The summed E-state index contributed by atoms with van der Waals surface area (Å²) in [6, 6.07) is 0. The van der Waals surface area contributed by atoms with Gasteiger partial charge in [-0.25, -0.2) is 8.77 Å². The summed E-state index contributed by atoms with van der Waals surface area (Å²) in [5.74, 6) is 0. The molecule has 0 aromatic rings. The molecule has 0 aliphatic carbocycles. The average Bonchev–Trinajstić information content (AvgIpc) is 2.14. The molecule has 0 amide bonds. The topological polar surface area (TPSA) is 72.8 Å². The Kier molecular flexibility index (Phi) is 6.81. The zero-order valence-corrected chi connectivity index (χ0v) is 10.3. The highest BCUT2D eigenvalue weighted by molar-refractivity contribution is 8.43. The highest BCUT2D eigenvalue weighted by Crippen LogP contribution is 2.46. The number of hydrogen-bond acceptors (Lipinski definition) is 4. The third-order valence-corrected chi connectivity index (χ3v) is 4.80. The first-order valence-electron chi connectivity index (χ1n) is 4.42. The molecule has 0 aliphatic heterocycles. The SMILES string of the molecule is CCCCC(C)OS(=O)P(=O)(O)OC. The normalized spacial score (nSPS) is 20.0. The largest absolute Gasteiger partial charge is 0.442 e. The highest BCUT2D eigenvalue weighted by atomic mass is 32.8. The van der Waals surface area contributed by atoms with Crippen molar-refractivity contribution in [2.24, 2.45) is 0 Å². The number of rotatable bonds is 7. The van der Waals surface area contributed by atoms with Crippen LogP contribution in [-0.2, 0) is 24.0 Å². The maximum atomic E-state index is 11.1. The Balaban J connectivity index is 4.00. The van der Waals surface area contributed by atoms with Crippen molar-refractivity contribution in [2.45, 2.75) is 39.2 Å². The van der Waals surface area contributed by atoms with Gasteiger partial charge in [0.25, 0.3) is 10.7 Å². The fourth-order valence-corrected chi connectivity index (χ4v) is 2.54. The molecule has 7 heteroatoms. The first-order chi connectivity index (χ1) is 6.44. The van der Waals surface area contributed by atoms with Gasteiger partial charge in [-0.1, -0.05) is 19.8 Å².